The quantitative estimate of drug-likeness (QED) is 0.905. The van der Waals surface area contributed by atoms with Crippen LogP contribution >= 0.6 is 39.9 Å². The van der Waals surface area contributed by atoms with Crippen molar-refractivity contribution in [1.82, 2.24) is 4.90 Å². The van der Waals surface area contributed by atoms with Gasteiger partial charge in [-0.2, -0.15) is 0 Å². The molecule has 1 heterocycles. The summed E-state index contributed by atoms with van der Waals surface area (Å²) >= 11 is 9.59. The molecule has 2 rings (SSSR count). The van der Waals surface area contributed by atoms with Gasteiger partial charge in [0.2, 0.25) is 0 Å². The molecule has 1 aliphatic heterocycles. The predicted octanol–water partition coefficient (Wildman–Crippen LogP) is 3.06. The average molecular weight is 326 g/mol. The van der Waals surface area contributed by atoms with Crippen LogP contribution in [0.4, 0.5) is 0 Å². The van der Waals surface area contributed by atoms with Gasteiger partial charge in [0.15, 0.2) is 0 Å². The molecule has 0 spiro atoms. The van der Waals surface area contributed by atoms with Crippen LogP contribution in [-0.2, 0) is 6.54 Å². The average Bonchev–Trinajstić information content (AvgIpc) is 2.58. The molecule has 1 aromatic rings. The van der Waals surface area contributed by atoms with Crippen molar-refractivity contribution in [1.29, 1.82) is 0 Å². The molecule has 5 heteroatoms. The van der Waals surface area contributed by atoms with Crippen LogP contribution in [0, 0.1) is 0 Å². The van der Waals surface area contributed by atoms with E-state index in [1.54, 1.807) is 0 Å². The Morgan fingerprint density at radius 3 is 2.88 bits per heavy atom. The highest BCUT2D eigenvalue weighted by Crippen LogP contribution is 2.23. The Labute approximate surface area is 116 Å². The Bertz CT molecular complexity index is 360. The van der Waals surface area contributed by atoms with E-state index in [0.717, 1.165) is 35.6 Å². The molecule has 1 aliphatic rings. The molecular formula is C11H15BrCl2N2. The fourth-order valence-corrected chi connectivity index (χ4v) is 2.50. The minimum atomic E-state index is 0. The van der Waals surface area contributed by atoms with Gasteiger partial charge in [0.1, 0.15) is 0 Å². The molecule has 0 bridgehead atoms. The lowest BCUT2D eigenvalue weighted by atomic mass is 10.2. The van der Waals surface area contributed by atoms with E-state index in [-0.39, 0.29) is 12.4 Å². The summed E-state index contributed by atoms with van der Waals surface area (Å²) < 4.78 is 1.07. The van der Waals surface area contributed by atoms with E-state index in [1.807, 2.05) is 12.1 Å². The standard InChI is InChI=1S/C11H14BrClN2.ClH/c12-9-1-2-11(13)8(5-9)6-15-4-3-10(14)7-15;/h1-2,5,10H,3-4,6-7,14H2;1H. The van der Waals surface area contributed by atoms with Crippen molar-refractivity contribution in [3.63, 3.8) is 0 Å². The Balaban J connectivity index is 0.00000128. The number of hydrogen-bond donors (Lipinski definition) is 1. The van der Waals surface area contributed by atoms with Gasteiger partial charge in [-0.1, -0.05) is 27.5 Å². The van der Waals surface area contributed by atoms with Gasteiger partial charge >= 0.3 is 0 Å². The zero-order valence-electron chi connectivity index (χ0n) is 8.83. The van der Waals surface area contributed by atoms with Gasteiger partial charge in [-0.05, 0) is 30.2 Å². The molecule has 2 N–H and O–H groups in total. The lowest BCUT2D eigenvalue weighted by Crippen LogP contribution is -2.26. The number of nitrogens with two attached hydrogens (primary N) is 1. The Hall–Kier alpha value is 0.200. The first-order valence-corrected chi connectivity index (χ1v) is 6.24. The molecule has 1 atom stereocenters. The Morgan fingerprint density at radius 2 is 2.25 bits per heavy atom. The van der Waals surface area contributed by atoms with Gasteiger partial charge < -0.3 is 5.73 Å². The maximum Gasteiger partial charge on any atom is 0.0451 e. The van der Waals surface area contributed by atoms with Crippen molar-refractivity contribution < 1.29 is 0 Å². The van der Waals surface area contributed by atoms with E-state index >= 15 is 0 Å². The highest BCUT2D eigenvalue weighted by Gasteiger charge is 2.19. The van der Waals surface area contributed by atoms with Gasteiger partial charge in [0.05, 0.1) is 0 Å². The topological polar surface area (TPSA) is 29.3 Å². The summed E-state index contributed by atoms with van der Waals surface area (Å²) in [5.74, 6) is 0. The summed E-state index contributed by atoms with van der Waals surface area (Å²) in [5.41, 5.74) is 7.03. The molecule has 0 amide bonds. The second-order valence-electron chi connectivity index (χ2n) is 4.02. The summed E-state index contributed by atoms with van der Waals surface area (Å²) in [7, 11) is 0. The van der Waals surface area contributed by atoms with Crippen LogP contribution in [0.1, 0.15) is 12.0 Å². The zero-order chi connectivity index (χ0) is 10.8. The molecule has 1 saturated heterocycles. The summed E-state index contributed by atoms with van der Waals surface area (Å²) in [6.45, 7) is 2.94. The maximum absolute atomic E-state index is 6.13. The molecule has 0 aromatic heterocycles. The number of likely N-dealkylation sites (tertiary alicyclic amines) is 1. The van der Waals surface area contributed by atoms with E-state index < -0.39 is 0 Å². The minimum absolute atomic E-state index is 0. The Morgan fingerprint density at radius 1 is 1.50 bits per heavy atom. The summed E-state index contributed by atoms with van der Waals surface area (Å²) in [6, 6.07) is 6.29. The number of benzene rings is 1. The summed E-state index contributed by atoms with van der Waals surface area (Å²) in [5, 5.41) is 0.832. The van der Waals surface area contributed by atoms with Crippen LogP contribution in [0.2, 0.25) is 5.02 Å². The van der Waals surface area contributed by atoms with Crippen molar-refractivity contribution in [2.75, 3.05) is 13.1 Å². The van der Waals surface area contributed by atoms with Crippen molar-refractivity contribution in [3.05, 3.63) is 33.3 Å². The first-order valence-electron chi connectivity index (χ1n) is 5.07. The molecule has 2 nitrogen and oxygen atoms in total. The predicted molar refractivity (Wildman–Crippen MR) is 74.3 cm³/mol. The van der Waals surface area contributed by atoms with Crippen molar-refractivity contribution in [2.24, 2.45) is 5.73 Å². The van der Waals surface area contributed by atoms with Gasteiger partial charge in [-0.15, -0.1) is 12.4 Å². The monoisotopic (exact) mass is 324 g/mol. The molecule has 0 aliphatic carbocycles. The molecule has 16 heavy (non-hydrogen) atoms. The number of halogens is 3. The normalized spacial score (nSPS) is 20.8. The smallest absolute Gasteiger partial charge is 0.0451 e. The Kier molecular flexibility index (Phi) is 5.54. The SMILES string of the molecule is Cl.NC1CCN(Cc2cc(Br)ccc2Cl)C1. The molecule has 90 valence electrons. The zero-order valence-corrected chi connectivity index (χ0v) is 12.0. The second-order valence-corrected chi connectivity index (χ2v) is 5.34. The van der Waals surface area contributed by atoms with E-state index in [0.29, 0.717) is 6.04 Å². The highest BCUT2D eigenvalue weighted by molar-refractivity contribution is 9.10. The van der Waals surface area contributed by atoms with E-state index in [2.05, 4.69) is 26.9 Å². The van der Waals surface area contributed by atoms with E-state index in [9.17, 15) is 0 Å². The van der Waals surface area contributed by atoms with Gasteiger partial charge in [-0.3, -0.25) is 4.90 Å². The van der Waals surface area contributed by atoms with Crippen molar-refractivity contribution in [3.8, 4) is 0 Å². The molecular weight excluding hydrogens is 311 g/mol. The molecule has 1 fully saturated rings. The highest BCUT2D eigenvalue weighted by atomic mass is 79.9. The lowest BCUT2D eigenvalue weighted by molar-refractivity contribution is 0.327. The minimum Gasteiger partial charge on any atom is -0.326 e. The second kappa shape index (κ2) is 6.22. The number of rotatable bonds is 2. The first kappa shape index (κ1) is 14.3. The third-order valence-corrected chi connectivity index (χ3v) is 3.57. The lowest BCUT2D eigenvalue weighted by Gasteiger charge is -2.16. The van der Waals surface area contributed by atoms with Crippen LogP contribution in [0.15, 0.2) is 22.7 Å². The summed E-state index contributed by atoms with van der Waals surface area (Å²) in [6.07, 6.45) is 1.09. The summed E-state index contributed by atoms with van der Waals surface area (Å²) in [4.78, 5) is 2.35. The third kappa shape index (κ3) is 3.60. The number of nitrogens with zero attached hydrogens (tertiary/aromatic N) is 1. The maximum atomic E-state index is 6.13. The van der Waals surface area contributed by atoms with Crippen LogP contribution in [0.25, 0.3) is 0 Å². The van der Waals surface area contributed by atoms with Crippen molar-refractivity contribution in [2.45, 2.75) is 19.0 Å². The van der Waals surface area contributed by atoms with Crippen LogP contribution < -0.4 is 5.73 Å². The molecule has 1 unspecified atom stereocenters. The third-order valence-electron chi connectivity index (χ3n) is 2.71. The van der Waals surface area contributed by atoms with Gasteiger partial charge in [0.25, 0.3) is 0 Å². The van der Waals surface area contributed by atoms with Crippen molar-refractivity contribution >= 4 is 39.9 Å². The molecule has 0 radical (unpaired) electrons. The largest absolute Gasteiger partial charge is 0.326 e. The van der Waals surface area contributed by atoms with E-state index in [1.165, 1.54) is 5.56 Å². The van der Waals surface area contributed by atoms with Crippen LogP contribution in [-0.4, -0.2) is 24.0 Å². The fraction of sp³-hybridized carbons (Fsp3) is 0.455. The van der Waals surface area contributed by atoms with Crippen LogP contribution in [0.3, 0.4) is 0 Å². The van der Waals surface area contributed by atoms with Gasteiger partial charge in [0, 0.05) is 35.2 Å². The first-order chi connectivity index (χ1) is 7.15. The fourth-order valence-electron chi connectivity index (χ4n) is 1.91. The molecule has 1 aromatic carbocycles. The van der Waals surface area contributed by atoms with Crippen LogP contribution in [0.5, 0.6) is 0 Å². The van der Waals surface area contributed by atoms with Gasteiger partial charge in [-0.25, -0.2) is 0 Å². The van der Waals surface area contributed by atoms with E-state index in [4.69, 9.17) is 17.3 Å². The number of hydrogen-bond acceptors (Lipinski definition) is 2. The molecule has 0 saturated carbocycles.